The van der Waals surface area contributed by atoms with Gasteiger partial charge in [-0.25, -0.2) is 4.79 Å². The largest absolute Gasteiger partial charge is 0.459 e. The number of amides is 1. The first-order chi connectivity index (χ1) is 23.9. The number of hydrogen-bond acceptors (Lipinski definition) is 12. The smallest absolute Gasteiger partial charge is 0.330 e. The topological polar surface area (TPSA) is 216 Å². The van der Waals surface area contributed by atoms with E-state index < -0.39 is 94.2 Å². The van der Waals surface area contributed by atoms with Crippen molar-refractivity contribution in [3.63, 3.8) is 0 Å². The summed E-state index contributed by atoms with van der Waals surface area (Å²) in [5, 5.41) is 27.7. The Morgan fingerprint density at radius 2 is 1.47 bits per heavy atom. The van der Waals surface area contributed by atoms with Gasteiger partial charge in [-0.3, -0.25) is 23.9 Å². The van der Waals surface area contributed by atoms with Gasteiger partial charge in [-0.15, -0.1) is 0 Å². The third-order valence-electron chi connectivity index (χ3n) is 10.5. The number of nitrogens with two attached hydrogens (primary N) is 1. The fraction of sp³-hybridized carbons (Fsp3) is 0.833. The second kappa shape index (κ2) is 17.7. The van der Waals surface area contributed by atoms with Crippen molar-refractivity contribution < 1.29 is 38.1 Å². The lowest BCUT2D eigenvalue weighted by Gasteiger charge is -2.44. The molecule has 1 aliphatic heterocycles. The molecular formula is C36H69N5O10Si2. The van der Waals surface area contributed by atoms with Crippen molar-refractivity contribution in [2.45, 2.75) is 173 Å². The van der Waals surface area contributed by atoms with Crippen LogP contribution in [0.25, 0.3) is 0 Å². The summed E-state index contributed by atoms with van der Waals surface area (Å²) in [7, 11) is -5.27. The van der Waals surface area contributed by atoms with E-state index in [-0.39, 0.29) is 29.1 Å². The van der Waals surface area contributed by atoms with Crippen LogP contribution in [0.4, 0.5) is 0 Å². The van der Waals surface area contributed by atoms with E-state index in [4.69, 9.17) is 24.1 Å². The third kappa shape index (κ3) is 12.4. The zero-order valence-electron chi connectivity index (χ0n) is 34.7. The highest BCUT2D eigenvalue weighted by Gasteiger charge is 2.57. The van der Waals surface area contributed by atoms with Crippen LogP contribution in [-0.4, -0.2) is 110 Å². The molecule has 0 radical (unpaired) electrons. The van der Waals surface area contributed by atoms with Gasteiger partial charge in [0.1, 0.15) is 42.1 Å². The van der Waals surface area contributed by atoms with Crippen molar-refractivity contribution in [1.29, 1.82) is 0 Å². The monoisotopic (exact) mass is 787 g/mol. The van der Waals surface area contributed by atoms with Gasteiger partial charge in [-0.1, -0.05) is 55.4 Å². The molecule has 7 N–H and O–H groups in total. The van der Waals surface area contributed by atoms with Gasteiger partial charge < -0.3 is 44.9 Å². The minimum Gasteiger partial charge on any atom is -0.459 e. The molecule has 1 aromatic rings. The van der Waals surface area contributed by atoms with Crippen molar-refractivity contribution >= 4 is 28.5 Å². The Morgan fingerprint density at radius 1 is 0.943 bits per heavy atom. The van der Waals surface area contributed by atoms with Gasteiger partial charge in [0, 0.05) is 18.8 Å². The standard InChI is InChI=1S/C36H69N5O10Si2/c1-21(2)25(43)23(37)30(45)39-19-16-18-38-24(32(46)49-34(3,4)5)26(44)27-28(50-52(12,13)35(6,7)8)29(51-53(14,15)36(9,10)11)31(48-27)41-20-17-22(42)40-33(41)47/h17,20-21,23-29,31,38,43-44H,16,18-19,37H2,1-15H3,(H,39,45)(H,40,42,47)/t23-,24+,25?,26-,27?,28-,29-,31-/m1/s1. The molecule has 1 amide bonds. The number of aliphatic hydroxyl groups is 2. The maximum Gasteiger partial charge on any atom is 0.330 e. The van der Waals surface area contributed by atoms with Gasteiger partial charge in [-0.2, -0.15) is 0 Å². The Kier molecular flexibility index (Phi) is 15.7. The van der Waals surface area contributed by atoms with Crippen LogP contribution in [0.3, 0.4) is 0 Å². The SMILES string of the molecule is CC(C)C(O)[C@@H](N)C(=O)NCCCN[C@H](C(=O)OC(C)(C)C)[C@@H](O)C1O[C@@H](n2ccc(=O)[nH]c2=O)[C@H](O[Si](C)(C)C(C)(C)C)[C@@H]1O[Si](C)(C)C(C)(C)C. The Bertz CT molecular complexity index is 1490. The first kappa shape index (κ1) is 46.9. The zero-order chi connectivity index (χ0) is 41.1. The normalized spacial score (nSPS) is 22.7. The van der Waals surface area contributed by atoms with E-state index in [1.165, 1.54) is 16.8 Å². The van der Waals surface area contributed by atoms with Crippen LogP contribution < -0.4 is 27.6 Å². The Morgan fingerprint density at radius 3 is 1.94 bits per heavy atom. The first-order valence-corrected chi connectivity index (χ1v) is 24.4. The van der Waals surface area contributed by atoms with Crippen LogP contribution in [0.15, 0.2) is 21.9 Å². The fourth-order valence-corrected chi connectivity index (χ4v) is 7.82. The number of carbonyl (C=O) groups excluding carboxylic acids is 2. The lowest BCUT2D eigenvalue weighted by molar-refractivity contribution is -0.166. The van der Waals surface area contributed by atoms with Gasteiger partial charge in [0.05, 0.1) is 6.10 Å². The molecule has 0 bridgehead atoms. The summed E-state index contributed by atoms with van der Waals surface area (Å²) in [6, 6.07) is -1.21. The van der Waals surface area contributed by atoms with Gasteiger partial charge in [0.25, 0.3) is 5.56 Å². The highest BCUT2D eigenvalue weighted by atomic mass is 28.4. The van der Waals surface area contributed by atoms with Crippen molar-refractivity contribution in [2.24, 2.45) is 11.7 Å². The van der Waals surface area contributed by atoms with Crippen LogP contribution in [0.1, 0.15) is 88.8 Å². The van der Waals surface area contributed by atoms with Crippen molar-refractivity contribution in [2.75, 3.05) is 13.1 Å². The van der Waals surface area contributed by atoms with E-state index in [1.807, 2.05) is 0 Å². The second-order valence-electron chi connectivity index (χ2n) is 18.6. The summed E-state index contributed by atoms with van der Waals surface area (Å²) in [5.41, 5.74) is 3.71. The zero-order valence-corrected chi connectivity index (χ0v) is 36.7. The third-order valence-corrected chi connectivity index (χ3v) is 19.5. The highest BCUT2D eigenvalue weighted by molar-refractivity contribution is 6.74. The molecule has 1 aromatic heterocycles. The number of nitrogens with zero attached hydrogens (tertiary/aromatic N) is 1. The molecular weight excluding hydrogens is 719 g/mol. The molecule has 2 heterocycles. The van der Waals surface area contributed by atoms with Gasteiger partial charge in [-0.05, 0) is 75.9 Å². The number of aromatic nitrogens is 2. The molecule has 0 saturated carbocycles. The number of esters is 1. The van der Waals surface area contributed by atoms with E-state index in [0.29, 0.717) is 6.42 Å². The number of ether oxygens (including phenoxy) is 2. The van der Waals surface area contributed by atoms with E-state index in [1.54, 1.807) is 34.6 Å². The fourth-order valence-electron chi connectivity index (χ4n) is 5.23. The van der Waals surface area contributed by atoms with Crippen molar-refractivity contribution in [3.8, 4) is 0 Å². The average molecular weight is 788 g/mol. The maximum absolute atomic E-state index is 13.8. The molecule has 1 saturated heterocycles. The predicted octanol–water partition coefficient (Wildman–Crippen LogP) is 2.73. The van der Waals surface area contributed by atoms with Crippen LogP contribution >= 0.6 is 0 Å². The summed E-state index contributed by atoms with van der Waals surface area (Å²) in [6.45, 7) is 29.7. The summed E-state index contributed by atoms with van der Waals surface area (Å²) in [4.78, 5) is 54.0. The molecule has 53 heavy (non-hydrogen) atoms. The first-order valence-electron chi connectivity index (χ1n) is 18.6. The predicted molar refractivity (Wildman–Crippen MR) is 209 cm³/mol. The van der Waals surface area contributed by atoms with Gasteiger partial charge >= 0.3 is 11.7 Å². The average Bonchev–Trinajstić information content (AvgIpc) is 3.31. The number of nitrogens with one attached hydrogen (secondary N) is 3. The molecule has 1 fully saturated rings. The van der Waals surface area contributed by atoms with Crippen LogP contribution in [0.2, 0.25) is 36.3 Å². The number of carbonyl (C=O) groups is 2. The summed E-state index contributed by atoms with van der Waals surface area (Å²) in [5.74, 6) is -1.45. The van der Waals surface area contributed by atoms with Gasteiger partial charge in [0.2, 0.25) is 5.91 Å². The molecule has 2 unspecified atom stereocenters. The van der Waals surface area contributed by atoms with Crippen molar-refractivity contribution in [3.05, 3.63) is 33.1 Å². The minimum absolute atomic E-state index is 0.163. The van der Waals surface area contributed by atoms with E-state index in [0.717, 1.165) is 0 Å². The van der Waals surface area contributed by atoms with E-state index >= 15 is 0 Å². The molecule has 17 heteroatoms. The Labute approximate surface area is 317 Å². The molecule has 2 rings (SSSR count). The molecule has 0 spiro atoms. The van der Waals surface area contributed by atoms with Crippen LogP contribution in [0.5, 0.6) is 0 Å². The summed E-state index contributed by atoms with van der Waals surface area (Å²) >= 11 is 0. The van der Waals surface area contributed by atoms with E-state index in [2.05, 4.69) is 83.3 Å². The molecule has 15 nitrogen and oxygen atoms in total. The second-order valence-corrected chi connectivity index (χ2v) is 28.1. The maximum atomic E-state index is 13.8. The minimum atomic E-state index is -2.65. The Balaban J connectivity index is 2.61. The van der Waals surface area contributed by atoms with Gasteiger partial charge in [0.15, 0.2) is 22.9 Å². The van der Waals surface area contributed by atoms with Crippen LogP contribution in [0, 0.1) is 5.92 Å². The van der Waals surface area contributed by atoms with Crippen LogP contribution in [-0.2, 0) is 27.9 Å². The molecule has 1 aliphatic rings. The number of hydrogen-bond donors (Lipinski definition) is 6. The molecule has 0 aromatic carbocycles. The number of rotatable bonds is 16. The molecule has 0 aliphatic carbocycles. The summed E-state index contributed by atoms with van der Waals surface area (Å²) in [6.07, 6.45) is -5.13. The number of H-pyrrole nitrogens is 1. The van der Waals surface area contributed by atoms with E-state index in [9.17, 15) is 29.4 Å². The molecule has 8 atom stereocenters. The number of aliphatic hydroxyl groups excluding tert-OH is 2. The summed E-state index contributed by atoms with van der Waals surface area (Å²) < 4.78 is 27.7. The Hall–Kier alpha value is -2.23. The quantitative estimate of drug-likeness (QED) is 0.0811. The number of aromatic amines is 1. The lowest BCUT2D eigenvalue weighted by atomic mass is 9.99. The lowest BCUT2D eigenvalue weighted by Crippen LogP contribution is -2.59. The highest BCUT2D eigenvalue weighted by Crippen LogP contribution is 2.46. The van der Waals surface area contributed by atoms with Crippen molar-refractivity contribution in [1.82, 2.24) is 20.2 Å². The molecule has 306 valence electrons.